The number of rotatable bonds is 9. The smallest absolute Gasteiger partial charge is 0.220 e. The van der Waals surface area contributed by atoms with Crippen molar-refractivity contribution >= 4 is 5.91 Å². The van der Waals surface area contributed by atoms with E-state index in [1.165, 1.54) is 12.8 Å². The monoisotopic (exact) mass is 332 g/mol. The Morgan fingerprint density at radius 2 is 2.00 bits per heavy atom. The zero-order valence-electron chi connectivity index (χ0n) is 15.1. The third kappa shape index (κ3) is 5.23. The summed E-state index contributed by atoms with van der Waals surface area (Å²) >= 11 is 0. The summed E-state index contributed by atoms with van der Waals surface area (Å²) in [6, 6.07) is 8.15. The molecule has 0 atom stereocenters. The first-order valence-corrected chi connectivity index (χ1v) is 9.37. The largest absolute Gasteiger partial charge is 0.490 e. The summed E-state index contributed by atoms with van der Waals surface area (Å²) in [5.41, 5.74) is 6.74. The van der Waals surface area contributed by atoms with E-state index in [9.17, 15) is 4.79 Å². The van der Waals surface area contributed by atoms with Gasteiger partial charge in [-0.15, -0.1) is 0 Å². The van der Waals surface area contributed by atoms with E-state index in [-0.39, 0.29) is 11.4 Å². The van der Waals surface area contributed by atoms with Crippen molar-refractivity contribution in [1.82, 2.24) is 5.32 Å². The quantitative estimate of drug-likeness (QED) is 0.726. The molecule has 1 fully saturated rings. The molecule has 0 unspecified atom stereocenters. The Balaban J connectivity index is 1.86. The van der Waals surface area contributed by atoms with Gasteiger partial charge >= 0.3 is 0 Å². The summed E-state index contributed by atoms with van der Waals surface area (Å²) in [6.45, 7) is 4.62. The molecule has 0 radical (unpaired) electrons. The first-order chi connectivity index (χ1) is 11.6. The van der Waals surface area contributed by atoms with E-state index < -0.39 is 0 Å². The predicted molar refractivity (Wildman–Crippen MR) is 98.2 cm³/mol. The van der Waals surface area contributed by atoms with Gasteiger partial charge in [-0.1, -0.05) is 26.0 Å². The van der Waals surface area contributed by atoms with Gasteiger partial charge in [-0.25, -0.2) is 0 Å². The maximum absolute atomic E-state index is 12.3. The molecule has 0 aliphatic heterocycles. The molecule has 24 heavy (non-hydrogen) atoms. The highest BCUT2D eigenvalue weighted by molar-refractivity contribution is 5.77. The number of carbonyl (C=O) groups excluding carboxylic acids is 1. The lowest BCUT2D eigenvalue weighted by atomic mass is 9.92. The molecule has 0 spiro atoms. The first kappa shape index (κ1) is 18.8. The summed E-state index contributed by atoms with van der Waals surface area (Å²) in [4.78, 5) is 12.3. The average molecular weight is 332 g/mol. The van der Waals surface area contributed by atoms with Gasteiger partial charge in [0, 0.05) is 13.0 Å². The highest BCUT2D eigenvalue weighted by atomic mass is 16.5. The van der Waals surface area contributed by atoms with Crippen LogP contribution in [0.15, 0.2) is 24.3 Å². The number of amides is 1. The molecule has 1 aliphatic rings. The number of hydrogen-bond donors (Lipinski definition) is 2. The van der Waals surface area contributed by atoms with Gasteiger partial charge in [-0.05, 0) is 62.6 Å². The lowest BCUT2D eigenvalue weighted by Crippen LogP contribution is -2.52. The Kier molecular flexibility index (Phi) is 7.10. The van der Waals surface area contributed by atoms with Gasteiger partial charge in [0.05, 0.1) is 11.6 Å². The zero-order valence-corrected chi connectivity index (χ0v) is 15.1. The lowest BCUT2D eigenvalue weighted by molar-refractivity contribution is -0.123. The number of carbonyl (C=O) groups is 1. The maximum Gasteiger partial charge on any atom is 0.220 e. The fraction of sp³-hybridized carbons (Fsp3) is 0.650. The molecule has 1 aromatic carbocycles. The molecule has 0 heterocycles. The predicted octanol–water partition coefficient (Wildman–Crippen LogP) is 3.57. The molecule has 1 saturated carbocycles. The van der Waals surface area contributed by atoms with Crippen LogP contribution in [0.2, 0.25) is 0 Å². The van der Waals surface area contributed by atoms with Crippen LogP contribution in [0.3, 0.4) is 0 Å². The van der Waals surface area contributed by atoms with Crippen LogP contribution in [-0.2, 0) is 11.2 Å². The van der Waals surface area contributed by atoms with E-state index in [1.807, 2.05) is 12.1 Å². The van der Waals surface area contributed by atoms with Crippen molar-refractivity contribution in [1.29, 1.82) is 0 Å². The molecular weight excluding hydrogens is 300 g/mol. The Bertz CT molecular complexity index is 512. The Hall–Kier alpha value is -1.55. The number of nitrogens with two attached hydrogens (primary N) is 1. The summed E-state index contributed by atoms with van der Waals surface area (Å²) in [7, 11) is 0. The second-order valence-electron chi connectivity index (χ2n) is 6.91. The third-order valence-corrected chi connectivity index (χ3v) is 5.29. The van der Waals surface area contributed by atoms with Gasteiger partial charge in [-0.2, -0.15) is 0 Å². The summed E-state index contributed by atoms with van der Waals surface area (Å²) in [5, 5.41) is 3.13. The second-order valence-corrected chi connectivity index (χ2v) is 6.91. The van der Waals surface area contributed by atoms with Gasteiger partial charge in [0.1, 0.15) is 5.75 Å². The van der Waals surface area contributed by atoms with Gasteiger partial charge in [0.15, 0.2) is 0 Å². The van der Waals surface area contributed by atoms with Crippen LogP contribution >= 0.6 is 0 Å². The van der Waals surface area contributed by atoms with Crippen LogP contribution in [0.4, 0.5) is 0 Å². The molecular formula is C20H32N2O2. The minimum atomic E-state index is -0.259. The highest BCUT2D eigenvalue weighted by Gasteiger charge is 2.25. The van der Waals surface area contributed by atoms with Gasteiger partial charge in [0.2, 0.25) is 5.91 Å². The number of benzene rings is 1. The lowest BCUT2D eigenvalue weighted by Gasteiger charge is -2.31. The van der Waals surface area contributed by atoms with Crippen LogP contribution in [-0.4, -0.2) is 24.1 Å². The van der Waals surface area contributed by atoms with Crippen LogP contribution < -0.4 is 15.8 Å². The minimum Gasteiger partial charge on any atom is -0.490 e. The van der Waals surface area contributed by atoms with Crippen LogP contribution in [0.1, 0.15) is 64.4 Å². The molecule has 1 aromatic rings. The van der Waals surface area contributed by atoms with Crippen LogP contribution in [0.25, 0.3) is 0 Å². The van der Waals surface area contributed by atoms with E-state index in [0.717, 1.165) is 43.4 Å². The van der Waals surface area contributed by atoms with Crippen molar-refractivity contribution in [2.24, 2.45) is 5.73 Å². The minimum absolute atomic E-state index is 0.0752. The SMILES string of the molecule is CCC(CC)(CN)NC(=O)CCc1cccc(OC2CCCC2)c1. The van der Waals surface area contributed by atoms with Gasteiger partial charge < -0.3 is 15.8 Å². The van der Waals surface area contributed by atoms with Crippen LogP contribution in [0, 0.1) is 0 Å². The number of hydrogen-bond acceptors (Lipinski definition) is 3. The standard InChI is InChI=1S/C20H32N2O2/c1-3-20(4-2,15-21)22-19(23)13-12-16-8-7-11-18(14-16)24-17-9-5-6-10-17/h7-8,11,14,17H,3-6,9-10,12-13,15,21H2,1-2H3,(H,22,23). The van der Waals surface area contributed by atoms with E-state index in [4.69, 9.17) is 10.5 Å². The molecule has 4 nitrogen and oxygen atoms in total. The molecule has 0 saturated heterocycles. The highest BCUT2D eigenvalue weighted by Crippen LogP contribution is 2.25. The molecule has 2 rings (SSSR count). The second kappa shape index (κ2) is 9.07. The average Bonchev–Trinajstić information content (AvgIpc) is 3.11. The fourth-order valence-electron chi connectivity index (χ4n) is 3.36. The van der Waals surface area contributed by atoms with E-state index in [2.05, 4.69) is 31.3 Å². The Morgan fingerprint density at radius 1 is 1.29 bits per heavy atom. The molecule has 0 bridgehead atoms. The summed E-state index contributed by atoms with van der Waals surface area (Å²) in [6.07, 6.45) is 8.13. The van der Waals surface area contributed by atoms with E-state index in [1.54, 1.807) is 0 Å². The van der Waals surface area contributed by atoms with Crippen molar-refractivity contribution in [2.45, 2.75) is 76.9 Å². The van der Waals surface area contributed by atoms with E-state index >= 15 is 0 Å². The summed E-state index contributed by atoms with van der Waals surface area (Å²) in [5.74, 6) is 1.00. The molecule has 1 aliphatic carbocycles. The summed E-state index contributed by atoms with van der Waals surface area (Å²) < 4.78 is 6.04. The normalized spacial score (nSPS) is 15.5. The van der Waals surface area contributed by atoms with Gasteiger partial charge in [0.25, 0.3) is 0 Å². The number of ether oxygens (including phenoxy) is 1. The molecule has 0 aromatic heterocycles. The van der Waals surface area contributed by atoms with Crippen molar-refractivity contribution in [3.8, 4) is 5.75 Å². The van der Waals surface area contributed by atoms with Gasteiger partial charge in [-0.3, -0.25) is 4.79 Å². The van der Waals surface area contributed by atoms with Crippen molar-refractivity contribution in [2.75, 3.05) is 6.54 Å². The van der Waals surface area contributed by atoms with Crippen molar-refractivity contribution in [3.05, 3.63) is 29.8 Å². The van der Waals surface area contributed by atoms with Crippen LogP contribution in [0.5, 0.6) is 5.75 Å². The fourth-order valence-corrected chi connectivity index (χ4v) is 3.36. The molecule has 3 N–H and O–H groups in total. The first-order valence-electron chi connectivity index (χ1n) is 9.37. The Morgan fingerprint density at radius 3 is 2.62 bits per heavy atom. The van der Waals surface area contributed by atoms with E-state index in [0.29, 0.717) is 19.1 Å². The molecule has 1 amide bonds. The molecule has 4 heteroatoms. The van der Waals surface area contributed by atoms with Crippen molar-refractivity contribution in [3.63, 3.8) is 0 Å². The zero-order chi connectivity index (χ0) is 17.4. The Labute approximate surface area is 146 Å². The number of aryl methyl sites for hydroxylation is 1. The molecule has 134 valence electrons. The number of nitrogens with one attached hydrogen (secondary N) is 1. The topological polar surface area (TPSA) is 64.3 Å². The maximum atomic E-state index is 12.3. The van der Waals surface area contributed by atoms with Crippen molar-refractivity contribution < 1.29 is 9.53 Å². The third-order valence-electron chi connectivity index (χ3n) is 5.29.